The molecule has 0 saturated carbocycles. The van der Waals surface area contributed by atoms with E-state index in [1.165, 1.54) is 11.1 Å². The zero-order chi connectivity index (χ0) is 10.5. The second-order valence-electron chi connectivity index (χ2n) is 4.22. The van der Waals surface area contributed by atoms with Gasteiger partial charge in [-0.1, -0.05) is 36.4 Å². The molecule has 1 atom stereocenters. The molecule has 0 bridgehead atoms. The Kier molecular flexibility index (Phi) is 3.57. The van der Waals surface area contributed by atoms with Gasteiger partial charge in [0.05, 0.1) is 6.10 Å². The van der Waals surface area contributed by atoms with Crippen LogP contribution >= 0.6 is 0 Å². The van der Waals surface area contributed by atoms with Crippen LogP contribution in [-0.4, -0.2) is 11.2 Å². The minimum Gasteiger partial charge on any atom is -0.393 e. The quantitative estimate of drug-likeness (QED) is 0.740. The van der Waals surface area contributed by atoms with Gasteiger partial charge in [0, 0.05) is 0 Å². The van der Waals surface area contributed by atoms with Gasteiger partial charge in [0.25, 0.3) is 0 Å². The molecular formula is C14H18O. The first kappa shape index (κ1) is 10.4. The first-order valence-electron chi connectivity index (χ1n) is 5.79. The molecule has 1 unspecified atom stereocenters. The van der Waals surface area contributed by atoms with E-state index in [4.69, 9.17) is 0 Å². The number of allylic oxidation sites excluding steroid dienone is 2. The van der Waals surface area contributed by atoms with Crippen LogP contribution in [0.4, 0.5) is 0 Å². The molecule has 0 saturated heterocycles. The van der Waals surface area contributed by atoms with Gasteiger partial charge in [-0.25, -0.2) is 0 Å². The van der Waals surface area contributed by atoms with Crippen LogP contribution in [0.3, 0.4) is 0 Å². The zero-order valence-electron chi connectivity index (χ0n) is 9.02. The second-order valence-corrected chi connectivity index (χ2v) is 4.22. The molecule has 1 nitrogen and oxygen atoms in total. The maximum Gasteiger partial charge on any atom is 0.0543 e. The van der Waals surface area contributed by atoms with Gasteiger partial charge in [-0.15, -0.1) is 0 Å². The summed E-state index contributed by atoms with van der Waals surface area (Å²) in [6, 6.07) is 10.5. The van der Waals surface area contributed by atoms with Crippen molar-refractivity contribution in [3.05, 3.63) is 42.0 Å². The van der Waals surface area contributed by atoms with Crippen molar-refractivity contribution in [1.29, 1.82) is 0 Å². The Morgan fingerprint density at radius 3 is 2.67 bits per heavy atom. The lowest BCUT2D eigenvalue weighted by molar-refractivity contribution is 0.153. The van der Waals surface area contributed by atoms with Crippen molar-refractivity contribution in [3.63, 3.8) is 0 Å². The molecule has 2 rings (SSSR count). The average molecular weight is 202 g/mol. The highest BCUT2D eigenvalue weighted by molar-refractivity contribution is 5.65. The van der Waals surface area contributed by atoms with E-state index in [-0.39, 0.29) is 6.10 Å². The highest BCUT2D eigenvalue weighted by Crippen LogP contribution is 2.25. The topological polar surface area (TPSA) is 20.2 Å². The number of benzene rings is 1. The van der Waals surface area contributed by atoms with Crippen molar-refractivity contribution in [2.24, 2.45) is 0 Å². The van der Waals surface area contributed by atoms with E-state index in [2.05, 4.69) is 30.3 Å². The monoisotopic (exact) mass is 202 g/mol. The molecule has 0 spiro atoms. The van der Waals surface area contributed by atoms with E-state index in [0.717, 1.165) is 32.1 Å². The van der Waals surface area contributed by atoms with Crippen LogP contribution in [0.1, 0.15) is 37.7 Å². The Morgan fingerprint density at radius 1 is 1.07 bits per heavy atom. The van der Waals surface area contributed by atoms with Gasteiger partial charge in [0.2, 0.25) is 0 Å². The molecule has 0 fully saturated rings. The van der Waals surface area contributed by atoms with E-state index in [1.807, 2.05) is 6.07 Å². The minimum atomic E-state index is -0.0996. The molecule has 0 aromatic heterocycles. The van der Waals surface area contributed by atoms with E-state index in [1.54, 1.807) is 0 Å². The summed E-state index contributed by atoms with van der Waals surface area (Å²) in [5.74, 6) is 0. The van der Waals surface area contributed by atoms with E-state index < -0.39 is 0 Å². The molecule has 15 heavy (non-hydrogen) atoms. The molecule has 1 heteroatoms. The summed E-state index contributed by atoms with van der Waals surface area (Å²) in [5, 5.41) is 9.65. The van der Waals surface area contributed by atoms with Gasteiger partial charge < -0.3 is 5.11 Å². The maximum absolute atomic E-state index is 9.65. The van der Waals surface area contributed by atoms with E-state index in [9.17, 15) is 5.11 Å². The Hall–Kier alpha value is -1.08. The van der Waals surface area contributed by atoms with Crippen LogP contribution in [0.25, 0.3) is 5.57 Å². The number of aliphatic hydroxyl groups excluding tert-OH is 1. The average Bonchev–Trinajstić information content (AvgIpc) is 2.25. The SMILES string of the molecule is OC1CCCC=C(c2ccccc2)CC1. The maximum atomic E-state index is 9.65. The predicted octanol–water partition coefficient (Wildman–Crippen LogP) is 3.40. The smallest absolute Gasteiger partial charge is 0.0543 e. The number of aliphatic hydroxyl groups is 1. The van der Waals surface area contributed by atoms with Gasteiger partial charge in [0.1, 0.15) is 0 Å². The molecule has 0 aliphatic heterocycles. The third kappa shape index (κ3) is 2.93. The fourth-order valence-electron chi connectivity index (χ4n) is 2.11. The van der Waals surface area contributed by atoms with E-state index >= 15 is 0 Å². The van der Waals surface area contributed by atoms with Crippen molar-refractivity contribution < 1.29 is 5.11 Å². The largest absolute Gasteiger partial charge is 0.393 e. The van der Waals surface area contributed by atoms with Crippen molar-refractivity contribution in [2.75, 3.05) is 0 Å². The van der Waals surface area contributed by atoms with Gasteiger partial charge in [-0.2, -0.15) is 0 Å². The predicted molar refractivity (Wildman–Crippen MR) is 63.5 cm³/mol. The molecule has 80 valence electrons. The molecular weight excluding hydrogens is 184 g/mol. The first-order valence-corrected chi connectivity index (χ1v) is 5.79. The van der Waals surface area contributed by atoms with Crippen LogP contribution in [0.15, 0.2) is 36.4 Å². The highest BCUT2D eigenvalue weighted by Gasteiger charge is 2.09. The fraction of sp³-hybridized carbons (Fsp3) is 0.429. The molecule has 1 aromatic rings. The van der Waals surface area contributed by atoms with Crippen molar-refractivity contribution in [2.45, 2.75) is 38.2 Å². The summed E-state index contributed by atoms with van der Waals surface area (Å²) in [6.07, 6.45) is 7.31. The van der Waals surface area contributed by atoms with Gasteiger partial charge in [0.15, 0.2) is 0 Å². The van der Waals surface area contributed by atoms with Crippen molar-refractivity contribution >= 4 is 5.57 Å². The summed E-state index contributed by atoms with van der Waals surface area (Å²) < 4.78 is 0. The molecule has 1 N–H and O–H groups in total. The molecule has 1 aliphatic carbocycles. The number of hydrogen-bond acceptors (Lipinski definition) is 1. The van der Waals surface area contributed by atoms with Crippen molar-refractivity contribution in [1.82, 2.24) is 0 Å². The molecule has 0 radical (unpaired) electrons. The van der Waals surface area contributed by atoms with Crippen LogP contribution in [-0.2, 0) is 0 Å². The molecule has 0 amide bonds. The lowest BCUT2D eigenvalue weighted by Gasteiger charge is -2.15. The Balaban J connectivity index is 2.13. The first-order chi connectivity index (χ1) is 7.36. The van der Waals surface area contributed by atoms with Crippen LogP contribution in [0, 0.1) is 0 Å². The lowest BCUT2D eigenvalue weighted by Crippen LogP contribution is -2.08. The number of hydrogen-bond donors (Lipinski definition) is 1. The van der Waals surface area contributed by atoms with Gasteiger partial charge >= 0.3 is 0 Å². The molecule has 0 heterocycles. The Morgan fingerprint density at radius 2 is 1.87 bits per heavy atom. The summed E-state index contributed by atoms with van der Waals surface area (Å²) in [5.41, 5.74) is 2.71. The third-order valence-corrected chi connectivity index (χ3v) is 3.02. The Labute approximate surface area is 91.4 Å². The van der Waals surface area contributed by atoms with Crippen LogP contribution < -0.4 is 0 Å². The van der Waals surface area contributed by atoms with Gasteiger partial charge in [-0.3, -0.25) is 0 Å². The molecule has 1 aliphatic rings. The third-order valence-electron chi connectivity index (χ3n) is 3.02. The fourth-order valence-corrected chi connectivity index (χ4v) is 2.11. The second kappa shape index (κ2) is 5.13. The minimum absolute atomic E-state index is 0.0996. The Bertz CT molecular complexity index is 326. The summed E-state index contributed by atoms with van der Waals surface area (Å²) in [6.45, 7) is 0. The zero-order valence-corrected chi connectivity index (χ0v) is 9.02. The summed E-state index contributed by atoms with van der Waals surface area (Å²) in [4.78, 5) is 0. The standard InChI is InChI=1S/C14H18O/c15-14-9-5-4-8-13(10-11-14)12-6-2-1-3-7-12/h1-3,6-8,14-15H,4-5,9-11H2. The lowest BCUT2D eigenvalue weighted by atomic mass is 9.93. The van der Waals surface area contributed by atoms with Crippen LogP contribution in [0.5, 0.6) is 0 Å². The number of rotatable bonds is 1. The molecule has 1 aromatic carbocycles. The summed E-state index contributed by atoms with van der Waals surface area (Å²) >= 11 is 0. The normalized spacial score (nSPS) is 22.7. The highest BCUT2D eigenvalue weighted by atomic mass is 16.3. The van der Waals surface area contributed by atoms with Crippen molar-refractivity contribution in [3.8, 4) is 0 Å². The van der Waals surface area contributed by atoms with Gasteiger partial charge in [-0.05, 0) is 43.2 Å². The van der Waals surface area contributed by atoms with Crippen LogP contribution in [0.2, 0.25) is 0 Å². The van der Waals surface area contributed by atoms with E-state index in [0.29, 0.717) is 0 Å². The summed E-state index contributed by atoms with van der Waals surface area (Å²) in [7, 11) is 0.